The molecule has 0 bridgehead atoms. The van der Waals surface area contributed by atoms with Gasteiger partial charge in [0.2, 0.25) is 5.79 Å². The molecular formula is C22H20N2O4S. The molecule has 0 atom stereocenters. The van der Waals surface area contributed by atoms with Crippen LogP contribution in [0.2, 0.25) is 0 Å². The Morgan fingerprint density at radius 3 is 2.52 bits per heavy atom. The Kier molecular flexibility index (Phi) is 4.76. The van der Waals surface area contributed by atoms with Crippen molar-refractivity contribution in [3.8, 4) is 11.5 Å². The summed E-state index contributed by atoms with van der Waals surface area (Å²) in [4.78, 5) is 27.8. The second kappa shape index (κ2) is 7.25. The molecule has 29 heavy (non-hydrogen) atoms. The number of thiophene rings is 1. The number of hydrogen-bond acceptors (Lipinski definition) is 5. The van der Waals surface area contributed by atoms with E-state index in [9.17, 15) is 9.59 Å². The van der Waals surface area contributed by atoms with E-state index in [1.54, 1.807) is 55.6 Å². The number of amides is 2. The summed E-state index contributed by atoms with van der Waals surface area (Å²) in [6.07, 6.45) is 0. The SMILES string of the molecule is CN(C(=O)c1cccs1)c1ccccc1C(=O)Nc1ccc2c(c1)OC(C)(C)O2. The second-order valence-electron chi connectivity index (χ2n) is 7.08. The first-order valence-electron chi connectivity index (χ1n) is 9.08. The molecule has 6 nitrogen and oxygen atoms in total. The van der Waals surface area contributed by atoms with Crippen LogP contribution in [0, 0.1) is 0 Å². The molecule has 0 radical (unpaired) electrons. The van der Waals surface area contributed by atoms with Crippen LogP contribution < -0.4 is 19.7 Å². The highest BCUT2D eigenvalue weighted by molar-refractivity contribution is 7.12. The fourth-order valence-corrected chi connectivity index (χ4v) is 3.83. The maximum Gasteiger partial charge on any atom is 0.268 e. The maximum absolute atomic E-state index is 13.0. The number of anilines is 2. The number of benzene rings is 2. The molecular weight excluding hydrogens is 388 g/mol. The van der Waals surface area contributed by atoms with Gasteiger partial charge in [0.15, 0.2) is 11.5 Å². The number of carbonyl (C=O) groups is 2. The van der Waals surface area contributed by atoms with Crippen molar-refractivity contribution in [1.82, 2.24) is 0 Å². The van der Waals surface area contributed by atoms with Crippen molar-refractivity contribution in [3.05, 3.63) is 70.4 Å². The first-order chi connectivity index (χ1) is 13.8. The van der Waals surface area contributed by atoms with Gasteiger partial charge < -0.3 is 19.7 Å². The Morgan fingerprint density at radius 1 is 1.00 bits per heavy atom. The van der Waals surface area contributed by atoms with Gasteiger partial charge in [-0.25, -0.2) is 0 Å². The van der Waals surface area contributed by atoms with Gasteiger partial charge in [0.05, 0.1) is 16.1 Å². The standard InChI is InChI=1S/C22H20N2O4S/c1-22(2)27-17-11-10-14(13-18(17)28-22)23-20(25)15-7-4-5-8-16(15)24(3)21(26)19-9-6-12-29-19/h4-13H,1-3H3,(H,23,25). The molecule has 0 spiro atoms. The molecule has 148 valence electrons. The zero-order valence-corrected chi connectivity index (χ0v) is 17.1. The predicted octanol–water partition coefficient (Wildman–Crippen LogP) is 4.78. The molecule has 0 saturated heterocycles. The summed E-state index contributed by atoms with van der Waals surface area (Å²) in [5.41, 5.74) is 1.51. The summed E-state index contributed by atoms with van der Waals surface area (Å²) >= 11 is 1.36. The number of fused-ring (bicyclic) bond motifs is 1. The molecule has 1 aliphatic heterocycles. The van der Waals surface area contributed by atoms with Gasteiger partial charge in [-0.15, -0.1) is 11.3 Å². The third-order valence-corrected chi connectivity index (χ3v) is 5.32. The molecule has 0 aliphatic carbocycles. The molecule has 1 aromatic heterocycles. The predicted molar refractivity (Wildman–Crippen MR) is 113 cm³/mol. The third-order valence-electron chi connectivity index (χ3n) is 4.46. The Labute approximate surface area is 172 Å². The van der Waals surface area contributed by atoms with Crippen LogP contribution in [0.1, 0.15) is 33.9 Å². The average Bonchev–Trinajstić information content (AvgIpc) is 3.33. The largest absolute Gasteiger partial charge is 0.449 e. The van der Waals surface area contributed by atoms with Crippen molar-refractivity contribution in [2.45, 2.75) is 19.6 Å². The lowest BCUT2D eigenvalue weighted by Crippen LogP contribution is -2.29. The van der Waals surface area contributed by atoms with Gasteiger partial charge in [0, 0.05) is 32.6 Å². The first kappa shape index (κ1) is 19.0. The van der Waals surface area contributed by atoms with E-state index in [0.29, 0.717) is 33.3 Å². The number of hydrogen-bond donors (Lipinski definition) is 1. The van der Waals surface area contributed by atoms with E-state index in [4.69, 9.17) is 9.47 Å². The smallest absolute Gasteiger partial charge is 0.268 e. The summed E-state index contributed by atoms with van der Waals surface area (Å²) in [5.74, 6) is -0.00141. The van der Waals surface area contributed by atoms with Crippen LogP contribution in [0.25, 0.3) is 0 Å². The quantitative estimate of drug-likeness (QED) is 0.674. The number of ether oxygens (including phenoxy) is 2. The minimum Gasteiger partial charge on any atom is -0.449 e. The number of nitrogens with zero attached hydrogens (tertiary/aromatic N) is 1. The van der Waals surface area contributed by atoms with Crippen LogP contribution in [0.5, 0.6) is 11.5 Å². The van der Waals surface area contributed by atoms with E-state index in [1.807, 2.05) is 25.3 Å². The minimum atomic E-state index is -0.734. The Morgan fingerprint density at radius 2 is 1.76 bits per heavy atom. The van der Waals surface area contributed by atoms with Crippen molar-refractivity contribution in [2.24, 2.45) is 0 Å². The summed E-state index contributed by atoms with van der Waals surface area (Å²) in [6.45, 7) is 3.64. The van der Waals surface area contributed by atoms with Crippen molar-refractivity contribution in [1.29, 1.82) is 0 Å². The van der Waals surface area contributed by atoms with E-state index in [-0.39, 0.29) is 11.8 Å². The lowest BCUT2D eigenvalue weighted by atomic mass is 10.1. The number of carbonyl (C=O) groups excluding carboxylic acids is 2. The fraction of sp³-hybridized carbons (Fsp3) is 0.182. The molecule has 2 amide bonds. The topological polar surface area (TPSA) is 67.9 Å². The molecule has 2 aromatic carbocycles. The van der Waals surface area contributed by atoms with Gasteiger partial charge in [-0.05, 0) is 35.7 Å². The molecule has 4 rings (SSSR count). The van der Waals surface area contributed by atoms with Crippen LogP contribution in [-0.4, -0.2) is 24.6 Å². The molecule has 0 unspecified atom stereocenters. The van der Waals surface area contributed by atoms with E-state index >= 15 is 0 Å². The molecule has 1 N–H and O–H groups in total. The fourth-order valence-electron chi connectivity index (χ4n) is 3.13. The van der Waals surface area contributed by atoms with Crippen LogP contribution in [0.3, 0.4) is 0 Å². The third kappa shape index (κ3) is 3.82. The van der Waals surface area contributed by atoms with Gasteiger partial charge in [0.1, 0.15) is 0 Å². The number of nitrogens with one attached hydrogen (secondary N) is 1. The number of para-hydroxylation sites is 1. The van der Waals surface area contributed by atoms with Crippen LogP contribution in [-0.2, 0) is 0 Å². The summed E-state index contributed by atoms with van der Waals surface area (Å²) in [5, 5.41) is 4.72. The molecule has 2 heterocycles. The van der Waals surface area contributed by atoms with Crippen LogP contribution in [0.4, 0.5) is 11.4 Å². The summed E-state index contributed by atoms with van der Waals surface area (Å²) in [6, 6.07) is 15.8. The average molecular weight is 408 g/mol. The summed E-state index contributed by atoms with van der Waals surface area (Å²) < 4.78 is 11.4. The van der Waals surface area contributed by atoms with Crippen LogP contribution >= 0.6 is 11.3 Å². The van der Waals surface area contributed by atoms with Gasteiger partial charge in [-0.3, -0.25) is 9.59 Å². The normalized spacial score (nSPS) is 13.8. The molecule has 3 aromatic rings. The second-order valence-corrected chi connectivity index (χ2v) is 8.03. The Bertz CT molecular complexity index is 1080. The van der Waals surface area contributed by atoms with Gasteiger partial charge in [-0.2, -0.15) is 0 Å². The van der Waals surface area contributed by atoms with Crippen molar-refractivity contribution in [2.75, 3.05) is 17.3 Å². The van der Waals surface area contributed by atoms with Crippen LogP contribution in [0.15, 0.2) is 60.0 Å². The number of rotatable bonds is 4. The molecule has 7 heteroatoms. The molecule has 1 aliphatic rings. The van der Waals surface area contributed by atoms with E-state index in [2.05, 4.69) is 5.32 Å². The zero-order chi connectivity index (χ0) is 20.6. The van der Waals surface area contributed by atoms with E-state index < -0.39 is 5.79 Å². The highest BCUT2D eigenvalue weighted by atomic mass is 32.1. The van der Waals surface area contributed by atoms with Gasteiger partial charge >= 0.3 is 0 Å². The Hall–Kier alpha value is -3.32. The summed E-state index contributed by atoms with van der Waals surface area (Å²) in [7, 11) is 1.66. The monoisotopic (exact) mass is 408 g/mol. The minimum absolute atomic E-state index is 0.162. The van der Waals surface area contributed by atoms with Gasteiger partial charge in [-0.1, -0.05) is 18.2 Å². The van der Waals surface area contributed by atoms with Crippen molar-refractivity contribution in [3.63, 3.8) is 0 Å². The zero-order valence-electron chi connectivity index (χ0n) is 16.3. The molecule has 0 fully saturated rings. The van der Waals surface area contributed by atoms with E-state index in [1.165, 1.54) is 16.2 Å². The lowest BCUT2D eigenvalue weighted by molar-refractivity contribution is -0.0431. The highest BCUT2D eigenvalue weighted by Crippen LogP contribution is 2.40. The molecule has 0 saturated carbocycles. The first-order valence-corrected chi connectivity index (χ1v) is 9.96. The maximum atomic E-state index is 13.0. The van der Waals surface area contributed by atoms with Gasteiger partial charge in [0.25, 0.3) is 11.8 Å². The van der Waals surface area contributed by atoms with Crippen molar-refractivity contribution < 1.29 is 19.1 Å². The highest BCUT2D eigenvalue weighted by Gasteiger charge is 2.31. The lowest BCUT2D eigenvalue weighted by Gasteiger charge is -2.20. The van der Waals surface area contributed by atoms with Crippen molar-refractivity contribution >= 4 is 34.5 Å². The van der Waals surface area contributed by atoms with E-state index in [0.717, 1.165) is 0 Å². The Balaban J connectivity index is 1.57.